The SMILES string of the molecule is Nc1ncc(N2CCCCC2)cc1N1CCOCC1. The predicted octanol–water partition coefficient (Wildman–Crippen LogP) is 1.49. The van der Waals surface area contributed by atoms with Gasteiger partial charge in [-0.3, -0.25) is 0 Å². The second-order valence-corrected chi connectivity index (χ2v) is 5.25. The molecule has 1 aromatic rings. The molecule has 0 aliphatic carbocycles. The molecule has 2 aliphatic rings. The number of rotatable bonds is 2. The highest BCUT2D eigenvalue weighted by molar-refractivity contribution is 5.69. The number of nitrogen functional groups attached to an aromatic ring is 1. The van der Waals surface area contributed by atoms with Crippen LogP contribution in [0.1, 0.15) is 19.3 Å². The van der Waals surface area contributed by atoms with E-state index in [1.54, 1.807) is 0 Å². The summed E-state index contributed by atoms with van der Waals surface area (Å²) in [6, 6.07) is 2.19. The maximum Gasteiger partial charge on any atom is 0.147 e. The average molecular weight is 262 g/mol. The average Bonchev–Trinajstić information content (AvgIpc) is 2.49. The van der Waals surface area contributed by atoms with Gasteiger partial charge in [-0.1, -0.05) is 0 Å². The van der Waals surface area contributed by atoms with Gasteiger partial charge in [0.15, 0.2) is 0 Å². The van der Waals surface area contributed by atoms with E-state index in [4.69, 9.17) is 10.5 Å². The molecule has 0 radical (unpaired) electrons. The van der Waals surface area contributed by atoms with Gasteiger partial charge < -0.3 is 20.3 Å². The third-order valence-electron chi connectivity index (χ3n) is 3.96. The van der Waals surface area contributed by atoms with Crippen molar-refractivity contribution in [1.29, 1.82) is 0 Å². The summed E-state index contributed by atoms with van der Waals surface area (Å²) in [5, 5.41) is 0. The molecular formula is C14H22N4O. The molecule has 3 heterocycles. The van der Waals surface area contributed by atoms with E-state index in [2.05, 4.69) is 20.9 Å². The van der Waals surface area contributed by atoms with Crippen LogP contribution in [-0.4, -0.2) is 44.4 Å². The Hall–Kier alpha value is -1.49. The monoisotopic (exact) mass is 262 g/mol. The van der Waals surface area contributed by atoms with Crippen LogP contribution in [0.4, 0.5) is 17.2 Å². The Morgan fingerprint density at radius 2 is 1.74 bits per heavy atom. The molecule has 0 spiro atoms. The molecule has 2 fully saturated rings. The number of ether oxygens (including phenoxy) is 1. The van der Waals surface area contributed by atoms with Crippen LogP contribution in [0.3, 0.4) is 0 Å². The Labute approximate surface area is 114 Å². The fourth-order valence-electron chi connectivity index (χ4n) is 2.84. The van der Waals surface area contributed by atoms with Gasteiger partial charge in [-0.25, -0.2) is 4.98 Å². The summed E-state index contributed by atoms with van der Waals surface area (Å²) in [4.78, 5) is 9.08. The minimum absolute atomic E-state index is 0.627. The predicted molar refractivity (Wildman–Crippen MR) is 77.7 cm³/mol. The third-order valence-corrected chi connectivity index (χ3v) is 3.96. The summed E-state index contributed by atoms with van der Waals surface area (Å²) in [6.45, 7) is 5.60. The Balaban J connectivity index is 1.82. The van der Waals surface area contributed by atoms with Crippen molar-refractivity contribution in [2.45, 2.75) is 19.3 Å². The first kappa shape index (κ1) is 12.5. The molecule has 0 unspecified atom stereocenters. The lowest BCUT2D eigenvalue weighted by Crippen LogP contribution is -2.37. The van der Waals surface area contributed by atoms with E-state index in [0.717, 1.165) is 45.1 Å². The van der Waals surface area contributed by atoms with Gasteiger partial charge in [-0.15, -0.1) is 0 Å². The summed E-state index contributed by atoms with van der Waals surface area (Å²) in [7, 11) is 0. The van der Waals surface area contributed by atoms with Crippen molar-refractivity contribution >= 4 is 17.2 Å². The first-order valence-corrected chi connectivity index (χ1v) is 7.18. The quantitative estimate of drug-likeness (QED) is 0.875. The Morgan fingerprint density at radius 3 is 2.47 bits per heavy atom. The van der Waals surface area contributed by atoms with Crippen LogP contribution in [0.5, 0.6) is 0 Å². The van der Waals surface area contributed by atoms with E-state index in [0.29, 0.717) is 5.82 Å². The molecule has 5 heteroatoms. The first-order chi connectivity index (χ1) is 9.34. The lowest BCUT2D eigenvalue weighted by Gasteiger charge is -2.32. The standard InChI is InChI=1S/C14H22N4O/c15-14-13(18-6-8-19-9-7-18)10-12(11-16-14)17-4-2-1-3-5-17/h10-11H,1-9H2,(H2,15,16). The van der Waals surface area contributed by atoms with E-state index < -0.39 is 0 Å². The Morgan fingerprint density at radius 1 is 1.00 bits per heavy atom. The minimum Gasteiger partial charge on any atom is -0.382 e. The fourth-order valence-corrected chi connectivity index (χ4v) is 2.84. The molecular weight excluding hydrogens is 240 g/mol. The van der Waals surface area contributed by atoms with Gasteiger partial charge in [0.25, 0.3) is 0 Å². The van der Waals surface area contributed by atoms with E-state index in [-0.39, 0.29) is 0 Å². The molecule has 2 N–H and O–H groups in total. The van der Waals surface area contributed by atoms with E-state index >= 15 is 0 Å². The highest BCUT2D eigenvalue weighted by Crippen LogP contribution is 2.28. The van der Waals surface area contributed by atoms with Crippen LogP contribution in [0.25, 0.3) is 0 Å². The molecule has 0 saturated carbocycles. The van der Waals surface area contributed by atoms with Crippen LogP contribution < -0.4 is 15.5 Å². The van der Waals surface area contributed by atoms with Crippen molar-refractivity contribution in [3.8, 4) is 0 Å². The molecule has 3 rings (SSSR count). The molecule has 19 heavy (non-hydrogen) atoms. The van der Waals surface area contributed by atoms with Gasteiger partial charge in [0, 0.05) is 26.2 Å². The number of hydrogen-bond donors (Lipinski definition) is 1. The number of aromatic nitrogens is 1. The van der Waals surface area contributed by atoms with Gasteiger partial charge in [0.2, 0.25) is 0 Å². The van der Waals surface area contributed by atoms with Crippen molar-refractivity contribution in [1.82, 2.24) is 4.98 Å². The summed E-state index contributed by atoms with van der Waals surface area (Å²) >= 11 is 0. The van der Waals surface area contributed by atoms with Crippen molar-refractivity contribution in [2.75, 3.05) is 54.9 Å². The second kappa shape index (κ2) is 5.65. The number of nitrogens with two attached hydrogens (primary N) is 1. The fraction of sp³-hybridized carbons (Fsp3) is 0.643. The van der Waals surface area contributed by atoms with E-state index in [9.17, 15) is 0 Å². The summed E-state index contributed by atoms with van der Waals surface area (Å²) in [5.41, 5.74) is 8.30. The topological polar surface area (TPSA) is 54.6 Å². The third kappa shape index (κ3) is 2.76. The molecule has 0 bridgehead atoms. The molecule has 0 amide bonds. The zero-order valence-electron chi connectivity index (χ0n) is 11.3. The lowest BCUT2D eigenvalue weighted by atomic mass is 10.1. The molecule has 0 aromatic carbocycles. The number of pyridine rings is 1. The smallest absolute Gasteiger partial charge is 0.147 e. The van der Waals surface area contributed by atoms with Crippen molar-refractivity contribution in [3.63, 3.8) is 0 Å². The highest BCUT2D eigenvalue weighted by atomic mass is 16.5. The molecule has 1 aromatic heterocycles. The number of hydrogen-bond acceptors (Lipinski definition) is 5. The number of nitrogens with zero attached hydrogens (tertiary/aromatic N) is 3. The Bertz CT molecular complexity index is 425. The van der Waals surface area contributed by atoms with Gasteiger partial charge in [-0.05, 0) is 25.3 Å². The molecule has 104 valence electrons. The first-order valence-electron chi connectivity index (χ1n) is 7.18. The van der Waals surface area contributed by atoms with Crippen LogP contribution in [0, 0.1) is 0 Å². The molecule has 2 saturated heterocycles. The van der Waals surface area contributed by atoms with Crippen LogP contribution >= 0.6 is 0 Å². The normalized spacial score (nSPS) is 20.6. The van der Waals surface area contributed by atoms with E-state index in [1.165, 1.54) is 24.9 Å². The van der Waals surface area contributed by atoms with Gasteiger partial charge in [0.1, 0.15) is 5.82 Å². The van der Waals surface area contributed by atoms with Gasteiger partial charge in [-0.2, -0.15) is 0 Å². The zero-order valence-corrected chi connectivity index (χ0v) is 11.3. The number of piperidine rings is 1. The zero-order chi connectivity index (χ0) is 13.1. The van der Waals surface area contributed by atoms with Gasteiger partial charge in [0.05, 0.1) is 30.8 Å². The molecule has 5 nitrogen and oxygen atoms in total. The van der Waals surface area contributed by atoms with Crippen molar-refractivity contribution in [3.05, 3.63) is 12.3 Å². The summed E-state index contributed by atoms with van der Waals surface area (Å²) in [5.74, 6) is 0.627. The molecule has 0 atom stereocenters. The maximum atomic E-state index is 6.04. The van der Waals surface area contributed by atoms with Crippen LogP contribution in [-0.2, 0) is 4.74 Å². The highest BCUT2D eigenvalue weighted by Gasteiger charge is 2.17. The number of morpholine rings is 1. The second-order valence-electron chi connectivity index (χ2n) is 5.25. The number of anilines is 3. The summed E-state index contributed by atoms with van der Waals surface area (Å²) < 4.78 is 5.39. The Kier molecular flexibility index (Phi) is 3.73. The van der Waals surface area contributed by atoms with Gasteiger partial charge >= 0.3 is 0 Å². The van der Waals surface area contributed by atoms with Crippen molar-refractivity contribution < 1.29 is 4.74 Å². The van der Waals surface area contributed by atoms with Crippen LogP contribution in [0.15, 0.2) is 12.3 Å². The van der Waals surface area contributed by atoms with E-state index in [1.807, 2.05) is 6.20 Å². The van der Waals surface area contributed by atoms with Crippen LogP contribution in [0.2, 0.25) is 0 Å². The lowest BCUT2D eigenvalue weighted by molar-refractivity contribution is 0.123. The minimum atomic E-state index is 0.627. The maximum absolute atomic E-state index is 6.04. The largest absolute Gasteiger partial charge is 0.382 e. The molecule has 2 aliphatic heterocycles. The summed E-state index contributed by atoms with van der Waals surface area (Å²) in [6.07, 6.45) is 5.80. The van der Waals surface area contributed by atoms with Crippen molar-refractivity contribution in [2.24, 2.45) is 0 Å².